The van der Waals surface area contributed by atoms with Crippen molar-refractivity contribution in [1.29, 1.82) is 0 Å². The fourth-order valence-electron chi connectivity index (χ4n) is 2.80. The van der Waals surface area contributed by atoms with Gasteiger partial charge in [-0.2, -0.15) is 0 Å². The summed E-state index contributed by atoms with van der Waals surface area (Å²) in [4.78, 5) is 22.9. The Morgan fingerprint density at radius 1 is 1.35 bits per heavy atom. The first kappa shape index (κ1) is 13.5. The van der Waals surface area contributed by atoms with Crippen molar-refractivity contribution in [3.63, 3.8) is 0 Å². The van der Waals surface area contributed by atoms with Crippen molar-refractivity contribution in [1.82, 2.24) is 20.2 Å². The maximum atomic E-state index is 11.8. The molecule has 0 radical (unpaired) electrons. The summed E-state index contributed by atoms with van der Waals surface area (Å²) in [6.07, 6.45) is 9.03. The number of hydrogen-bond acceptors (Lipinski definition) is 4. The van der Waals surface area contributed by atoms with Crippen LogP contribution in [-0.4, -0.2) is 47.0 Å². The van der Waals surface area contributed by atoms with Crippen LogP contribution in [0.3, 0.4) is 0 Å². The van der Waals surface area contributed by atoms with Crippen LogP contribution in [0.25, 0.3) is 0 Å². The van der Waals surface area contributed by atoms with Crippen molar-refractivity contribution < 1.29 is 4.79 Å². The molecule has 108 valence electrons. The number of nitrogens with one attached hydrogen (secondary N) is 1. The first-order chi connectivity index (χ1) is 9.70. The molecule has 5 heteroatoms. The zero-order valence-electron chi connectivity index (χ0n) is 12.0. The predicted molar refractivity (Wildman–Crippen MR) is 76.4 cm³/mol. The van der Waals surface area contributed by atoms with Crippen LogP contribution < -0.4 is 5.32 Å². The van der Waals surface area contributed by atoms with Crippen LogP contribution in [0.4, 0.5) is 0 Å². The highest BCUT2D eigenvalue weighted by Gasteiger charge is 2.24. The van der Waals surface area contributed by atoms with Gasteiger partial charge in [-0.1, -0.05) is 0 Å². The fraction of sp³-hybridized carbons (Fsp3) is 0.667. The van der Waals surface area contributed by atoms with Crippen molar-refractivity contribution in [3.8, 4) is 0 Å². The molecular formula is C15H22N4O. The highest BCUT2D eigenvalue weighted by atomic mass is 16.2. The van der Waals surface area contributed by atoms with Gasteiger partial charge in [-0.25, -0.2) is 4.98 Å². The van der Waals surface area contributed by atoms with Crippen molar-refractivity contribution in [2.24, 2.45) is 5.92 Å². The molecule has 1 aliphatic carbocycles. The SMILES string of the molecule is CN1CCC[C@H](Cc2cnc(C(=O)NC3CC3)cn2)C1. The topological polar surface area (TPSA) is 58.1 Å². The van der Waals surface area contributed by atoms with E-state index >= 15 is 0 Å². The third-order valence-electron chi connectivity index (χ3n) is 4.07. The molecule has 1 saturated heterocycles. The Morgan fingerprint density at radius 3 is 2.85 bits per heavy atom. The lowest BCUT2D eigenvalue weighted by Crippen LogP contribution is -2.33. The van der Waals surface area contributed by atoms with Crippen molar-refractivity contribution in [2.75, 3.05) is 20.1 Å². The number of carbonyl (C=O) groups is 1. The molecule has 1 atom stereocenters. The Hall–Kier alpha value is -1.49. The minimum atomic E-state index is -0.0936. The molecule has 1 aromatic heterocycles. The molecule has 20 heavy (non-hydrogen) atoms. The van der Waals surface area contributed by atoms with E-state index in [0.717, 1.165) is 31.5 Å². The van der Waals surface area contributed by atoms with Crippen LogP contribution in [-0.2, 0) is 6.42 Å². The van der Waals surface area contributed by atoms with Gasteiger partial charge in [0.1, 0.15) is 5.69 Å². The minimum Gasteiger partial charge on any atom is -0.348 e. The van der Waals surface area contributed by atoms with Gasteiger partial charge < -0.3 is 10.2 Å². The van der Waals surface area contributed by atoms with Crippen LogP contribution in [0.2, 0.25) is 0 Å². The normalized spacial score (nSPS) is 23.6. The summed E-state index contributed by atoms with van der Waals surface area (Å²) in [5.41, 5.74) is 1.43. The van der Waals surface area contributed by atoms with Gasteiger partial charge in [0.15, 0.2) is 0 Å². The molecule has 0 spiro atoms. The second-order valence-corrected chi connectivity index (χ2v) is 6.12. The molecule has 0 aromatic carbocycles. The van der Waals surface area contributed by atoms with E-state index in [1.807, 2.05) is 0 Å². The lowest BCUT2D eigenvalue weighted by molar-refractivity contribution is 0.0945. The second-order valence-electron chi connectivity index (χ2n) is 6.12. The monoisotopic (exact) mass is 274 g/mol. The van der Waals surface area contributed by atoms with Crippen LogP contribution >= 0.6 is 0 Å². The van der Waals surface area contributed by atoms with E-state index in [0.29, 0.717) is 17.7 Å². The standard InChI is InChI=1S/C15H22N4O/c1-19-6-2-3-11(10-19)7-13-8-17-14(9-16-13)15(20)18-12-4-5-12/h8-9,11-12H,2-7,10H2,1H3,(H,18,20)/t11-/m1/s1. The number of carbonyl (C=O) groups excluding carboxylic acids is 1. The molecule has 2 heterocycles. The Labute approximate surface area is 119 Å². The van der Waals surface area contributed by atoms with Gasteiger partial charge in [-0.05, 0) is 51.6 Å². The first-order valence-electron chi connectivity index (χ1n) is 7.51. The zero-order valence-corrected chi connectivity index (χ0v) is 12.0. The molecule has 1 aliphatic heterocycles. The summed E-state index contributed by atoms with van der Waals surface area (Å²) in [5, 5.41) is 2.93. The summed E-state index contributed by atoms with van der Waals surface area (Å²) in [5.74, 6) is 0.568. The largest absolute Gasteiger partial charge is 0.348 e. The number of hydrogen-bond donors (Lipinski definition) is 1. The Balaban J connectivity index is 1.56. The Morgan fingerprint density at radius 2 is 2.20 bits per heavy atom. The van der Waals surface area contributed by atoms with E-state index in [1.165, 1.54) is 19.4 Å². The summed E-state index contributed by atoms with van der Waals surface area (Å²) < 4.78 is 0. The molecule has 0 bridgehead atoms. The smallest absolute Gasteiger partial charge is 0.271 e. The Bertz CT molecular complexity index is 469. The van der Waals surface area contributed by atoms with Gasteiger partial charge in [-0.3, -0.25) is 9.78 Å². The van der Waals surface area contributed by atoms with Crippen LogP contribution in [0.5, 0.6) is 0 Å². The maximum Gasteiger partial charge on any atom is 0.271 e. The molecule has 3 rings (SSSR count). The van der Waals surface area contributed by atoms with Gasteiger partial charge in [-0.15, -0.1) is 0 Å². The quantitative estimate of drug-likeness (QED) is 0.898. The molecule has 2 fully saturated rings. The van der Waals surface area contributed by atoms with Crippen molar-refractivity contribution in [3.05, 3.63) is 23.8 Å². The molecule has 1 N–H and O–H groups in total. The lowest BCUT2D eigenvalue weighted by Gasteiger charge is -2.29. The highest BCUT2D eigenvalue weighted by Crippen LogP contribution is 2.20. The van der Waals surface area contributed by atoms with Crippen molar-refractivity contribution >= 4 is 5.91 Å². The van der Waals surface area contributed by atoms with Crippen LogP contribution in [0.1, 0.15) is 41.9 Å². The average Bonchev–Trinajstić information content (AvgIpc) is 3.23. The molecule has 5 nitrogen and oxygen atoms in total. The summed E-state index contributed by atoms with van der Waals surface area (Å²) in [7, 11) is 2.17. The number of amides is 1. The van der Waals surface area contributed by atoms with E-state index in [9.17, 15) is 4.79 Å². The van der Waals surface area contributed by atoms with Crippen LogP contribution in [0.15, 0.2) is 12.4 Å². The van der Waals surface area contributed by atoms with Gasteiger partial charge in [0.2, 0.25) is 0 Å². The number of aromatic nitrogens is 2. The number of piperidine rings is 1. The summed E-state index contributed by atoms with van der Waals surface area (Å²) in [6, 6.07) is 0.363. The van der Waals surface area contributed by atoms with Gasteiger partial charge >= 0.3 is 0 Å². The molecule has 1 amide bonds. The number of nitrogens with zero attached hydrogens (tertiary/aromatic N) is 3. The van der Waals surface area contributed by atoms with Gasteiger partial charge in [0.25, 0.3) is 5.91 Å². The number of rotatable bonds is 4. The molecule has 2 aliphatic rings. The van der Waals surface area contributed by atoms with Gasteiger partial charge in [0, 0.05) is 18.8 Å². The lowest BCUT2D eigenvalue weighted by atomic mass is 9.94. The van der Waals surface area contributed by atoms with Crippen LogP contribution in [0, 0.1) is 5.92 Å². The third-order valence-corrected chi connectivity index (χ3v) is 4.07. The summed E-state index contributed by atoms with van der Waals surface area (Å²) in [6.45, 7) is 2.33. The first-order valence-corrected chi connectivity index (χ1v) is 7.51. The molecular weight excluding hydrogens is 252 g/mol. The third kappa shape index (κ3) is 3.54. The van der Waals surface area contributed by atoms with Gasteiger partial charge in [0.05, 0.1) is 11.9 Å². The molecule has 1 saturated carbocycles. The minimum absolute atomic E-state index is 0.0936. The van der Waals surface area contributed by atoms with E-state index in [1.54, 1.807) is 12.4 Å². The maximum absolute atomic E-state index is 11.8. The number of likely N-dealkylation sites (tertiary alicyclic amines) is 1. The van der Waals surface area contributed by atoms with E-state index in [4.69, 9.17) is 0 Å². The zero-order chi connectivity index (χ0) is 13.9. The van der Waals surface area contributed by atoms with E-state index in [2.05, 4.69) is 27.2 Å². The summed E-state index contributed by atoms with van der Waals surface area (Å²) >= 11 is 0. The van der Waals surface area contributed by atoms with E-state index < -0.39 is 0 Å². The fourth-order valence-corrected chi connectivity index (χ4v) is 2.80. The predicted octanol–water partition coefficient (Wildman–Crippen LogP) is 1.25. The molecule has 1 aromatic rings. The second kappa shape index (κ2) is 5.87. The van der Waals surface area contributed by atoms with E-state index in [-0.39, 0.29) is 5.91 Å². The van der Waals surface area contributed by atoms with Crippen molar-refractivity contribution in [2.45, 2.75) is 38.1 Å². The highest BCUT2D eigenvalue weighted by molar-refractivity contribution is 5.92. The Kier molecular flexibility index (Phi) is 3.96. The molecule has 0 unspecified atom stereocenters. The average molecular weight is 274 g/mol.